The quantitative estimate of drug-likeness (QED) is 0.518. The van der Waals surface area contributed by atoms with Crippen LogP contribution < -0.4 is 9.47 Å². The number of carboxylic acid groups (broad SMARTS) is 1. The van der Waals surface area contributed by atoms with E-state index < -0.39 is 15.9 Å². The Balaban J connectivity index is 1.72. The molecule has 1 amide bonds. The second-order valence-corrected chi connectivity index (χ2v) is 9.05. The van der Waals surface area contributed by atoms with Crippen LogP contribution in [0.15, 0.2) is 82.6 Å². The summed E-state index contributed by atoms with van der Waals surface area (Å²) in [5, 5.41) is 9.50. The van der Waals surface area contributed by atoms with Gasteiger partial charge in [0.15, 0.2) is 11.5 Å². The number of rotatable bonds is 9. The van der Waals surface area contributed by atoms with Crippen LogP contribution in [-0.4, -0.2) is 45.3 Å². The van der Waals surface area contributed by atoms with Gasteiger partial charge in [-0.2, -0.15) is 0 Å². The Morgan fingerprint density at radius 1 is 0.844 bits per heavy atom. The van der Waals surface area contributed by atoms with Gasteiger partial charge in [-0.1, -0.05) is 42.5 Å². The van der Waals surface area contributed by atoms with Crippen molar-refractivity contribution in [1.29, 1.82) is 0 Å². The highest BCUT2D eigenvalue weighted by atomic mass is 32.2. The molecule has 0 spiro atoms. The molecule has 0 bridgehead atoms. The van der Waals surface area contributed by atoms with Crippen LogP contribution in [0.3, 0.4) is 0 Å². The van der Waals surface area contributed by atoms with E-state index >= 15 is 0 Å². The fraction of sp³-hybridized carbons (Fsp3) is 0.208. The maximum Gasteiger partial charge on any atom is 0.407 e. The average Bonchev–Trinajstić information content (AvgIpc) is 2.82. The van der Waals surface area contributed by atoms with Crippen LogP contribution in [-0.2, 0) is 22.8 Å². The normalized spacial score (nSPS) is 11.1. The topological polar surface area (TPSA) is 93.1 Å². The monoisotopic (exact) mass is 455 g/mol. The van der Waals surface area contributed by atoms with Crippen LogP contribution in [0, 0.1) is 0 Å². The number of nitrogens with zero attached hydrogens (tertiary/aromatic N) is 1. The van der Waals surface area contributed by atoms with E-state index in [2.05, 4.69) is 0 Å². The third-order valence-electron chi connectivity index (χ3n) is 5.06. The van der Waals surface area contributed by atoms with Gasteiger partial charge in [0.2, 0.25) is 9.84 Å². The molecule has 1 N–H and O–H groups in total. The summed E-state index contributed by atoms with van der Waals surface area (Å²) in [6.45, 7) is 0.591. The summed E-state index contributed by atoms with van der Waals surface area (Å²) in [4.78, 5) is 13.2. The van der Waals surface area contributed by atoms with E-state index in [0.717, 1.165) is 11.1 Å². The van der Waals surface area contributed by atoms with Gasteiger partial charge in [0, 0.05) is 19.2 Å². The Labute approximate surface area is 187 Å². The summed E-state index contributed by atoms with van der Waals surface area (Å²) >= 11 is 0. The molecular formula is C24H25NO6S. The highest BCUT2D eigenvalue weighted by Crippen LogP contribution is 2.32. The van der Waals surface area contributed by atoms with Gasteiger partial charge < -0.3 is 19.5 Å². The first-order valence-corrected chi connectivity index (χ1v) is 11.4. The summed E-state index contributed by atoms with van der Waals surface area (Å²) in [5.74, 6) is 0.776. The first-order valence-electron chi connectivity index (χ1n) is 9.93. The van der Waals surface area contributed by atoms with Crippen molar-refractivity contribution >= 4 is 15.9 Å². The van der Waals surface area contributed by atoms with Crippen molar-refractivity contribution in [3.05, 3.63) is 83.9 Å². The Hall–Kier alpha value is -3.52. The molecule has 0 saturated carbocycles. The van der Waals surface area contributed by atoms with E-state index in [1.165, 1.54) is 43.4 Å². The molecule has 3 aromatic carbocycles. The number of hydrogen-bond acceptors (Lipinski definition) is 5. The molecule has 168 valence electrons. The zero-order valence-electron chi connectivity index (χ0n) is 17.9. The SMILES string of the molecule is COc1ccc(S(=O)(=O)c2ccc(CCN(Cc3ccccc3)C(=O)O)cc2)cc1OC. The molecule has 32 heavy (non-hydrogen) atoms. The largest absolute Gasteiger partial charge is 0.493 e. The summed E-state index contributed by atoms with van der Waals surface area (Å²) in [6.07, 6.45) is -0.531. The first kappa shape index (κ1) is 23.1. The van der Waals surface area contributed by atoms with Crippen LogP contribution in [0.4, 0.5) is 4.79 Å². The van der Waals surface area contributed by atoms with E-state index in [1.807, 2.05) is 30.3 Å². The molecule has 3 aromatic rings. The first-order chi connectivity index (χ1) is 15.3. The van der Waals surface area contributed by atoms with Gasteiger partial charge >= 0.3 is 6.09 Å². The van der Waals surface area contributed by atoms with Gasteiger partial charge in [0.25, 0.3) is 0 Å². The van der Waals surface area contributed by atoms with Crippen molar-refractivity contribution in [2.75, 3.05) is 20.8 Å². The Morgan fingerprint density at radius 3 is 2.06 bits per heavy atom. The Morgan fingerprint density at radius 2 is 1.47 bits per heavy atom. The predicted molar refractivity (Wildman–Crippen MR) is 120 cm³/mol. The Kier molecular flexibility index (Phi) is 7.37. The van der Waals surface area contributed by atoms with Gasteiger partial charge in [-0.3, -0.25) is 0 Å². The fourth-order valence-electron chi connectivity index (χ4n) is 3.27. The second kappa shape index (κ2) is 10.2. The standard InChI is InChI=1S/C24H25NO6S/c1-30-22-13-12-21(16-23(22)31-2)32(28,29)20-10-8-18(9-11-20)14-15-25(24(26)27)17-19-6-4-3-5-7-19/h3-13,16H,14-15,17H2,1-2H3,(H,26,27). The molecule has 0 fully saturated rings. The number of ether oxygens (including phenoxy) is 2. The molecule has 0 heterocycles. The van der Waals surface area contributed by atoms with Gasteiger partial charge in [-0.25, -0.2) is 13.2 Å². The molecule has 0 unspecified atom stereocenters. The van der Waals surface area contributed by atoms with Crippen molar-refractivity contribution in [1.82, 2.24) is 4.90 Å². The molecule has 0 atom stereocenters. The molecule has 0 saturated heterocycles. The van der Waals surface area contributed by atoms with Crippen LogP contribution in [0.5, 0.6) is 11.5 Å². The second-order valence-electron chi connectivity index (χ2n) is 7.10. The molecule has 0 aliphatic carbocycles. The van der Waals surface area contributed by atoms with Gasteiger partial charge in [-0.05, 0) is 41.8 Å². The van der Waals surface area contributed by atoms with E-state index in [4.69, 9.17) is 9.47 Å². The molecular weight excluding hydrogens is 430 g/mol. The highest BCUT2D eigenvalue weighted by molar-refractivity contribution is 7.91. The highest BCUT2D eigenvalue weighted by Gasteiger charge is 2.20. The van der Waals surface area contributed by atoms with Crippen molar-refractivity contribution < 1.29 is 27.8 Å². The van der Waals surface area contributed by atoms with Crippen LogP contribution in [0.2, 0.25) is 0 Å². The van der Waals surface area contributed by atoms with Gasteiger partial charge in [-0.15, -0.1) is 0 Å². The number of benzene rings is 3. The summed E-state index contributed by atoms with van der Waals surface area (Å²) in [7, 11) is -0.811. The minimum atomic E-state index is -3.74. The molecule has 0 aliphatic rings. The molecule has 3 rings (SSSR count). The van der Waals surface area contributed by atoms with Crippen molar-refractivity contribution in [2.24, 2.45) is 0 Å². The minimum absolute atomic E-state index is 0.0998. The molecule has 0 aromatic heterocycles. The number of hydrogen-bond donors (Lipinski definition) is 1. The fourth-order valence-corrected chi connectivity index (χ4v) is 4.54. The van der Waals surface area contributed by atoms with Crippen molar-refractivity contribution in [2.45, 2.75) is 22.8 Å². The molecule has 0 radical (unpaired) electrons. The van der Waals surface area contributed by atoms with Crippen molar-refractivity contribution in [3.8, 4) is 11.5 Å². The minimum Gasteiger partial charge on any atom is -0.493 e. The van der Waals surface area contributed by atoms with E-state index in [1.54, 1.807) is 18.2 Å². The lowest BCUT2D eigenvalue weighted by Crippen LogP contribution is -2.30. The van der Waals surface area contributed by atoms with E-state index in [0.29, 0.717) is 31.0 Å². The molecule has 7 nitrogen and oxygen atoms in total. The third kappa shape index (κ3) is 5.39. The maximum absolute atomic E-state index is 13.0. The van der Waals surface area contributed by atoms with Crippen LogP contribution in [0.1, 0.15) is 11.1 Å². The van der Waals surface area contributed by atoms with Crippen LogP contribution in [0.25, 0.3) is 0 Å². The van der Waals surface area contributed by atoms with Gasteiger partial charge in [0.05, 0.1) is 24.0 Å². The zero-order chi connectivity index (χ0) is 23.1. The van der Waals surface area contributed by atoms with Gasteiger partial charge in [0.1, 0.15) is 0 Å². The molecule has 0 aliphatic heterocycles. The lowest BCUT2D eigenvalue weighted by atomic mass is 10.1. The lowest BCUT2D eigenvalue weighted by molar-refractivity contribution is 0.143. The zero-order valence-corrected chi connectivity index (χ0v) is 18.7. The Bertz CT molecular complexity index is 1160. The average molecular weight is 456 g/mol. The smallest absolute Gasteiger partial charge is 0.407 e. The number of amides is 1. The third-order valence-corrected chi connectivity index (χ3v) is 6.82. The summed E-state index contributed by atoms with van der Waals surface area (Å²) < 4.78 is 36.3. The summed E-state index contributed by atoms with van der Waals surface area (Å²) in [5.41, 5.74) is 1.75. The lowest BCUT2D eigenvalue weighted by Gasteiger charge is -2.19. The number of sulfone groups is 1. The summed E-state index contributed by atoms with van der Waals surface area (Å²) in [6, 6.07) is 20.3. The predicted octanol–water partition coefficient (Wildman–Crippen LogP) is 4.26. The molecule has 8 heteroatoms. The van der Waals surface area contributed by atoms with Crippen molar-refractivity contribution in [3.63, 3.8) is 0 Å². The number of carbonyl (C=O) groups is 1. The van der Waals surface area contributed by atoms with E-state index in [-0.39, 0.29) is 9.79 Å². The number of methoxy groups -OCH3 is 2. The van der Waals surface area contributed by atoms with E-state index in [9.17, 15) is 18.3 Å². The maximum atomic E-state index is 13.0. The van der Waals surface area contributed by atoms with Crippen LogP contribution >= 0.6 is 0 Å².